The molecule has 7 rings (SSSR count). The third-order valence-corrected chi connectivity index (χ3v) is 14.6. The average Bonchev–Trinajstić information content (AvgIpc) is 1.71. The minimum absolute atomic E-state index is 0.0619. The predicted molar refractivity (Wildman–Crippen MR) is 256 cm³/mol. The summed E-state index contributed by atoms with van der Waals surface area (Å²) in [6.45, 7) is 0. The van der Waals surface area contributed by atoms with Gasteiger partial charge in [-0.15, -0.1) is 0 Å². The van der Waals surface area contributed by atoms with E-state index in [4.69, 9.17) is 0 Å². The smallest absolute Gasteiger partial charge is 0.289 e. The van der Waals surface area contributed by atoms with Crippen molar-refractivity contribution in [1.29, 1.82) is 0 Å². The zero-order valence-corrected chi connectivity index (χ0v) is 41.9. The van der Waals surface area contributed by atoms with Gasteiger partial charge in [0.25, 0.3) is 11.4 Å². The number of non-ortho nitro benzene ring substituents is 2. The fraction of sp³-hybridized carbons (Fsp3) is 0.173. The molecule has 0 spiro atoms. The summed E-state index contributed by atoms with van der Waals surface area (Å²) in [4.78, 5) is 35.2. The lowest BCUT2D eigenvalue weighted by Crippen LogP contribution is -2.75. The van der Waals surface area contributed by atoms with Crippen molar-refractivity contribution in [2.45, 2.75) is 59.2 Å². The lowest BCUT2D eigenvalue weighted by molar-refractivity contribution is -0.385. The van der Waals surface area contributed by atoms with Crippen LogP contribution in [0.1, 0.15) is 54.9 Å². The molecular weight excluding hydrogens is 1230 g/mol. The standard InChI is InChI=1S/C32H12BF24.C20H15N2O5S/c34-25(35,36)13-1-14(26(37,38)39)6-21(5-13)33(22-7-15(27(40,41)42)2-16(8-22)28(43,44)45,23-9-17(29(46,47)48)3-18(10-23)30(49,50)51)24-11-19(31(52,53)54)4-20(12-24)32(55,56)57;23-20(15-6-2-1-3-7-15)14-28(18-10-4-8-16(12-18)21(24)25)19-11-5-9-17(13-19)22(26)27/h1-12H;1-13H,14H2/q-1;+1. The van der Waals surface area contributed by atoms with Gasteiger partial charge in [0.1, 0.15) is 6.15 Å². The summed E-state index contributed by atoms with van der Waals surface area (Å²) >= 11 is 0. The van der Waals surface area contributed by atoms with E-state index in [1.807, 2.05) is 0 Å². The molecule has 0 N–H and O–H groups in total. The molecule has 452 valence electrons. The van der Waals surface area contributed by atoms with Gasteiger partial charge >= 0.3 is 49.4 Å². The highest BCUT2D eigenvalue weighted by atomic mass is 32.2. The fourth-order valence-electron chi connectivity index (χ4n) is 8.71. The molecule has 0 aliphatic heterocycles. The van der Waals surface area contributed by atoms with Crippen LogP contribution in [0, 0.1) is 20.2 Å². The maximum atomic E-state index is 14.2. The van der Waals surface area contributed by atoms with Crippen molar-refractivity contribution < 1.29 is 120 Å². The van der Waals surface area contributed by atoms with E-state index in [9.17, 15) is 130 Å². The van der Waals surface area contributed by atoms with E-state index in [1.54, 1.807) is 54.6 Å². The van der Waals surface area contributed by atoms with Crippen molar-refractivity contribution >= 4 is 56.1 Å². The molecule has 0 bridgehead atoms. The van der Waals surface area contributed by atoms with Crippen LogP contribution in [0.25, 0.3) is 0 Å². The number of benzene rings is 7. The van der Waals surface area contributed by atoms with Crippen LogP contribution in [-0.4, -0.2) is 27.5 Å². The van der Waals surface area contributed by atoms with Crippen LogP contribution in [0.3, 0.4) is 0 Å². The van der Waals surface area contributed by atoms with Gasteiger partial charge in [-0.05, 0) is 36.4 Å². The third kappa shape index (κ3) is 15.4. The predicted octanol–water partition coefficient (Wildman–Crippen LogP) is 15.6. The molecule has 7 aromatic rings. The highest BCUT2D eigenvalue weighted by Crippen LogP contribution is 2.42. The lowest BCUT2D eigenvalue weighted by atomic mass is 9.12. The molecule has 0 saturated heterocycles. The van der Waals surface area contributed by atoms with Crippen LogP contribution in [0.2, 0.25) is 0 Å². The molecule has 0 amide bonds. The number of alkyl halides is 24. The Balaban J connectivity index is 0.000000343. The first-order valence-corrected chi connectivity index (χ1v) is 24.2. The highest BCUT2D eigenvalue weighted by molar-refractivity contribution is 7.97. The molecule has 0 unspecified atom stereocenters. The molecule has 7 aromatic carbocycles. The molecule has 7 nitrogen and oxygen atoms in total. The number of nitrogens with zero attached hydrogens (tertiary/aromatic N) is 2. The second-order valence-electron chi connectivity index (χ2n) is 18.1. The van der Waals surface area contributed by atoms with Gasteiger partial charge in [-0.25, -0.2) is 0 Å². The summed E-state index contributed by atoms with van der Waals surface area (Å²) in [6.07, 6.45) is -54.8. The molecule has 0 aliphatic carbocycles. The summed E-state index contributed by atoms with van der Waals surface area (Å²) in [5, 5.41) is 22.3. The van der Waals surface area contributed by atoms with Gasteiger partial charge in [-0.1, -0.05) is 91.0 Å². The zero-order chi connectivity index (χ0) is 64.0. The Bertz CT molecular complexity index is 3150. The molecule has 0 aliphatic rings. The van der Waals surface area contributed by atoms with Gasteiger partial charge in [0.2, 0.25) is 5.78 Å². The molecule has 85 heavy (non-hydrogen) atoms. The van der Waals surface area contributed by atoms with Crippen molar-refractivity contribution in [1.82, 2.24) is 0 Å². The molecule has 0 radical (unpaired) electrons. The van der Waals surface area contributed by atoms with Gasteiger partial charge in [0, 0.05) is 17.7 Å². The number of halogens is 24. The van der Waals surface area contributed by atoms with E-state index < -0.39 is 215 Å². The number of rotatable bonds is 11. The van der Waals surface area contributed by atoms with Crippen LogP contribution in [0.5, 0.6) is 0 Å². The van der Waals surface area contributed by atoms with Gasteiger partial charge in [0.05, 0.1) is 77.4 Å². The lowest BCUT2D eigenvalue weighted by Gasteiger charge is -2.46. The van der Waals surface area contributed by atoms with Crippen molar-refractivity contribution in [3.05, 3.63) is 222 Å². The quantitative estimate of drug-likeness (QED) is 0.0321. The first kappa shape index (κ1) is 65.9. The first-order valence-electron chi connectivity index (χ1n) is 22.9. The Morgan fingerprint density at radius 3 is 0.788 bits per heavy atom. The van der Waals surface area contributed by atoms with Crippen LogP contribution >= 0.6 is 0 Å². The fourth-order valence-corrected chi connectivity index (χ4v) is 10.8. The first-order chi connectivity index (χ1) is 38.7. The molecule has 0 fully saturated rings. The molecule has 33 heteroatoms. The van der Waals surface area contributed by atoms with E-state index in [-0.39, 0.29) is 22.9 Å². The minimum Gasteiger partial charge on any atom is -0.289 e. The molecular formula is C52H27BF24N2O5S. The zero-order valence-electron chi connectivity index (χ0n) is 41.1. The molecule has 0 aromatic heterocycles. The summed E-state index contributed by atoms with van der Waals surface area (Å²) in [5.41, 5.74) is -29.9. The second kappa shape index (κ2) is 23.3. The number of nitro benzene ring substituents is 2. The number of Topliss-reactive ketones (excluding diaryl/α,β-unsaturated/α-hetero) is 1. The van der Waals surface area contributed by atoms with Gasteiger partial charge in [-0.3, -0.25) is 25.0 Å². The second-order valence-corrected chi connectivity index (χ2v) is 20.1. The van der Waals surface area contributed by atoms with Gasteiger partial charge in [-0.2, -0.15) is 127 Å². The summed E-state index contributed by atoms with van der Waals surface area (Å²) in [7, 11) is -0.894. The van der Waals surface area contributed by atoms with Gasteiger partial charge in [0.15, 0.2) is 15.5 Å². The summed E-state index contributed by atoms with van der Waals surface area (Å²) in [5.74, 6) is -0.0752. The van der Waals surface area contributed by atoms with E-state index in [0.717, 1.165) is 0 Å². The summed E-state index contributed by atoms with van der Waals surface area (Å²) < 4.78 is 341. The Hall–Kier alpha value is -8.26. The number of nitro groups is 2. The Labute approximate surface area is 462 Å². The van der Waals surface area contributed by atoms with Crippen molar-refractivity contribution in [2.24, 2.45) is 0 Å². The number of hydrogen-bond acceptors (Lipinski definition) is 5. The Morgan fingerprint density at radius 1 is 0.341 bits per heavy atom. The average molecular weight is 1260 g/mol. The van der Waals surface area contributed by atoms with Crippen LogP contribution < -0.4 is 21.9 Å². The van der Waals surface area contributed by atoms with E-state index in [1.165, 1.54) is 24.3 Å². The van der Waals surface area contributed by atoms with E-state index >= 15 is 0 Å². The number of carbonyl (C=O) groups excluding carboxylic acids is 1. The normalized spacial score (nSPS) is 13.1. The number of hydrogen-bond donors (Lipinski definition) is 0. The largest absolute Gasteiger partial charge is 0.416 e. The third-order valence-electron chi connectivity index (χ3n) is 12.4. The maximum Gasteiger partial charge on any atom is 0.416 e. The molecule has 0 saturated carbocycles. The molecule has 0 atom stereocenters. The highest BCUT2D eigenvalue weighted by Gasteiger charge is 2.47. The monoisotopic (exact) mass is 1260 g/mol. The van der Waals surface area contributed by atoms with Crippen LogP contribution in [0.4, 0.5) is 117 Å². The summed E-state index contributed by atoms with van der Waals surface area (Å²) in [6, 6.07) is 12.0. The Kier molecular flexibility index (Phi) is 18.1. The van der Waals surface area contributed by atoms with Crippen LogP contribution in [0.15, 0.2) is 161 Å². The number of carbonyl (C=O) groups is 1. The van der Waals surface area contributed by atoms with E-state index in [0.29, 0.717) is 15.4 Å². The minimum atomic E-state index is -6.13. The van der Waals surface area contributed by atoms with Crippen molar-refractivity contribution in [3.63, 3.8) is 0 Å². The van der Waals surface area contributed by atoms with Crippen molar-refractivity contribution in [3.8, 4) is 0 Å². The topological polar surface area (TPSA) is 103 Å². The maximum absolute atomic E-state index is 14.2. The van der Waals surface area contributed by atoms with Crippen LogP contribution in [-0.2, 0) is 60.3 Å². The van der Waals surface area contributed by atoms with Gasteiger partial charge < -0.3 is 0 Å². The SMILES string of the molecule is FC(F)(F)c1cc([B-](c2cc(C(F)(F)F)cc(C(F)(F)F)c2)(c2cc(C(F)(F)F)cc(C(F)(F)F)c2)c2cc(C(F)(F)F)cc(C(F)(F)F)c2)cc(C(F)(F)F)c1.O=C(C[S+](c1cccc([N+](=O)[O-])c1)c1cccc([N+](=O)[O-])c1)c1ccccc1. The number of ketones is 1. The Morgan fingerprint density at radius 2 is 0.576 bits per heavy atom. The molecule has 0 heterocycles. The van der Waals surface area contributed by atoms with Crippen molar-refractivity contribution in [2.75, 3.05) is 5.75 Å². The van der Waals surface area contributed by atoms with E-state index in [2.05, 4.69) is 0 Å².